The van der Waals surface area contributed by atoms with E-state index >= 15 is 0 Å². The molecule has 0 N–H and O–H groups in total. The first-order valence-electron chi connectivity index (χ1n) is 15.3. The summed E-state index contributed by atoms with van der Waals surface area (Å²) in [5, 5.41) is 38.5. The van der Waals surface area contributed by atoms with Crippen molar-refractivity contribution in [2.24, 2.45) is 9.98 Å². The van der Waals surface area contributed by atoms with Gasteiger partial charge in [0.15, 0.2) is 0 Å². The Kier molecular flexibility index (Phi) is 9.78. The Bertz CT molecular complexity index is 2410. The van der Waals surface area contributed by atoms with Crippen LogP contribution in [0.5, 0.6) is 0 Å². The van der Waals surface area contributed by atoms with Gasteiger partial charge in [0.05, 0.1) is 30.9 Å². The van der Waals surface area contributed by atoms with Gasteiger partial charge in [-0.05, 0) is 35.4 Å². The van der Waals surface area contributed by atoms with Gasteiger partial charge in [-0.2, -0.15) is 21.0 Å². The molecule has 7 rings (SSSR count). The lowest BCUT2D eigenvalue weighted by Crippen LogP contribution is -2.46. The molecule has 53 heavy (non-hydrogen) atoms. The number of nitrogens with zero attached hydrogens (tertiary/aromatic N) is 8. The standard InChI is InChI=1S/C37H18N8O4S4/c38-15-23(16-39)42-27-13-11-25(50-27)33-44-31-29(52-33)30-32(45-34(53-30)26-12-14-28(51-26)43-24(17-40)18-41)37(31,35(46)48-19-21-7-3-1-4-8-21)36(47)49-20-22-9-5-2-6-10-22/h1-14H,19-20H2. The Labute approximate surface area is 317 Å². The molecule has 0 spiro atoms. The van der Waals surface area contributed by atoms with Crippen molar-refractivity contribution in [1.29, 1.82) is 21.0 Å². The molecule has 0 saturated carbocycles. The van der Waals surface area contributed by atoms with E-state index in [4.69, 9.17) is 19.4 Å². The van der Waals surface area contributed by atoms with Gasteiger partial charge in [-0.15, -0.1) is 45.3 Å². The van der Waals surface area contributed by atoms with Crippen LogP contribution in [0, 0.1) is 45.3 Å². The number of ether oxygens (including phenoxy) is 2. The molecule has 0 bridgehead atoms. The molecule has 4 heterocycles. The van der Waals surface area contributed by atoms with Gasteiger partial charge < -0.3 is 9.47 Å². The van der Waals surface area contributed by atoms with Crippen LogP contribution in [0.25, 0.3) is 29.5 Å². The Morgan fingerprint density at radius 1 is 0.585 bits per heavy atom. The Balaban J connectivity index is 1.38. The van der Waals surface area contributed by atoms with Crippen molar-refractivity contribution < 1.29 is 19.1 Å². The number of aliphatic imine (C=N–C) groups is 2. The largest absolute Gasteiger partial charge is 0.459 e. The first-order chi connectivity index (χ1) is 25.9. The maximum atomic E-state index is 14.6. The molecule has 1 aliphatic rings. The third-order valence-electron chi connectivity index (χ3n) is 7.68. The fraction of sp³-hybridized carbons (Fsp3) is 0.0811. The van der Waals surface area contributed by atoms with Gasteiger partial charge in [0, 0.05) is 0 Å². The van der Waals surface area contributed by atoms with Crippen LogP contribution in [0.15, 0.2) is 94.9 Å². The first kappa shape index (κ1) is 34.8. The molecule has 0 radical (unpaired) electrons. The Morgan fingerprint density at radius 2 is 0.981 bits per heavy atom. The fourth-order valence-electron chi connectivity index (χ4n) is 5.29. The van der Waals surface area contributed by atoms with Crippen LogP contribution < -0.4 is 0 Å². The van der Waals surface area contributed by atoms with E-state index in [1.165, 1.54) is 45.3 Å². The molecular formula is C37H18N8O4S4. The molecule has 4 aromatic heterocycles. The predicted octanol–water partition coefficient (Wildman–Crippen LogP) is 8.05. The molecule has 254 valence electrons. The average Bonchev–Trinajstić information content (AvgIpc) is 4.03. The minimum absolute atomic E-state index is 0.117. The van der Waals surface area contributed by atoms with Crippen molar-refractivity contribution in [2.75, 3.05) is 0 Å². The molecule has 0 atom stereocenters. The maximum absolute atomic E-state index is 14.6. The van der Waals surface area contributed by atoms with Crippen LogP contribution in [-0.2, 0) is 37.7 Å². The number of thiazole rings is 2. The molecule has 0 amide bonds. The monoisotopic (exact) mass is 766 g/mol. The zero-order valence-corrected chi connectivity index (χ0v) is 30.1. The van der Waals surface area contributed by atoms with Gasteiger partial charge in [0.1, 0.15) is 57.5 Å². The molecule has 2 aromatic carbocycles. The zero-order chi connectivity index (χ0) is 37.0. The smallest absolute Gasteiger partial charge is 0.336 e. The summed E-state index contributed by atoms with van der Waals surface area (Å²) in [6, 6.07) is 31.8. The minimum Gasteiger partial charge on any atom is -0.459 e. The topological polar surface area (TPSA) is 198 Å². The molecule has 0 aliphatic heterocycles. The van der Waals surface area contributed by atoms with E-state index in [0.29, 0.717) is 50.7 Å². The van der Waals surface area contributed by atoms with Crippen molar-refractivity contribution in [3.63, 3.8) is 0 Å². The lowest BCUT2D eigenvalue weighted by Gasteiger charge is -2.24. The summed E-state index contributed by atoms with van der Waals surface area (Å²) in [5.41, 5.74) is -1.18. The lowest BCUT2D eigenvalue weighted by atomic mass is 9.84. The number of benzene rings is 2. The van der Waals surface area contributed by atoms with Crippen molar-refractivity contribution in [2.45, 2.75) is 18.6 Å². The highest BCUT2D eigenvalue weighted by Crippen LogP contribution is 2.57. The predicted molar refractivity (Wildman–Crippen MR) is 200 cm³/mol. The zero-order valence-electron chi connectivity index (χ0n) is 26.8. The van der Waals surface area contributed by atoms with Crippen molar-refractivity contribution in [1.82, 2.24) is 9.97 Å². The van der Waals surface area contributed by atoms with Crippen molar-refractivity contribution >= 4 is 78.7 Å². The van der Waals surface area contributed by atoms with Gasteiger partial charge >= 0.3 is 11.9 Å². The minimum atomic E-state index is -2.21. The summed E-state index contributed by atoms with van der Waals surface area (Å²) in [5.74, 6) is -1.83. The van der Waals surface area contributed by atoms with Crippen molar-refractivity contribution in [3.05, 3.63) is 107 Å². The van der Waals surface area contributed by atoms with E-state index in [0.717, 1.165) is 0 Å². The number of fused-ring (bicyclic) bond motifs is 3. The summed E-state index contributed by atoms with van der Waals surface area (Å²) in [7, 11) is 0. The highest BCUT2D eigenvalue weighted by atomic mass is 32.1. The number of carbonyl (C=O) groups is 2. The lowest BCUT2D eigenvalue weighted by molar-refractivity contribution is -0.164. The van der Waals surface area contributed by atoms with Gasteiger partial charge in [0.2, 0.25) is 11.4 Å². The van der Waals surface area contributed by atoms with Crippen LogP contribution in [0.2, 0.25) is 0 Å². The molecule has 0 unspecified atom stereocenters. The number of nitriles is 4. The molecule has 1 aliphatic carbocycles. The highest BCUT2D eigenvalue weighted by molar-refractivity contribution is 7.29. The first-order valence-corrected chi connectivity index (χ1v) is 18.6. The van der Waals surface area contributed by atoms with Gasteiger partial charge in [0.25, 0.3) is 5.41 Å². The van der Waals surface area contributed by atoms with Gasteiger partial charge in [-0.25, -0.2) is 29.5 Å². The number of esters is 2. The number of hydrogen-bond donors (Lipinski definition) is 0. The van der Waals surface area contributed by atoms with Crippen molar-refractivity contribution in [3.8, 4) is 53.8 Å². The van der Waals surface area contributed by atoms with Gasteiger partial charge in [-0.1, -0.05) is 60.7 Å². The van der Waals surface area contributed by atoms with E-state index in [2.05, 4.69) is 9.98 Å². The summed E-state index contributed by atoms with van der Waals surface area (Å²) in [4.78, 5) is 49.5. The van der Waals surface area contributed by atoms with Crippen LogP contribution in [0.1, 0.15) is 22.5 Å². The molecule has 12 nitrogen and oxygen atoms in total. The second-order valence-electron chi connectivity index (χ2n) is 10.9. The molecule has 0 fully saturated rings. The summed E-state index contributed by atoms with van der Waals surface area (Å²) < 4.78 is 11.8. The summed E-state index contributed by atoms with van der Waals surface area (Å²) in [6.07, 6.45) is 0. The normalized spacial score (nSPS) is 11.8. The number of hydrogen-bond acceptors (Lipinski definition) is 16. The number of carbonyl (C=O) groups excluding carboxylic acids is 2. The van der Waals surface area contributed by atoms with E-state index < -0.39 is 17.4 Å². The summed E-state index contributed by atoms with van der Waals surface area (Å²) in [6.45, 7) is -0.268. The molecule has 0 saturated heterocycles. The molecular weight excluding hydrogens is 749 g/mol. The fourth-order valence-corrected chi connectivity index (χ4v) is 9.54. The molecule has 16 heteroatoms. The van der Waals surface area contributed by atoms with E-state index in [9.17, 15) is 30.6 Å². The maximum Gasteiger partial charge on any atom is 0.336 e. The second-order valence-corrected chi connectivity index (χ2v) is 15.0. The third kappa shape index (κ3) is 6.63. The van der Waals surface area contributed by atoms with Crippen LogP contribution >= 0.6 is 45.3 Å². The van der Waals surface area contributed by atoms with Gasteiger partial charge in [-0.3, -0.25) is 0 Å². The third-order valence-corrected chi connectivity index (χ3v) is 12.3. The molecule has 6 aromatic rings. The van der Waals surface area contributed by atoms with E-state index in [-0.39, 0.29) is 36.0 Å². The van der Waals surface area contributed by atoms with Crippen LogP contribution in [0.4, 0.5) is 10.0 Å². The average molecular weight is 767 g/mol. The summed E-state index contributed by atoms with van der Waals surface area (Å²) >= 11 is 4.85. The van der Waals surface area contributed by atoms with E-state index in [1.807, 2.05) is 36.4 Å². The SMILES string of the molecule is N#CC(C#N)=Nc1ccc(-c2nc3c(s2)-c2sc(-c4ccc(N=C(C#N)C#N)s4)nc2C3(C(=O)OCc2ccccc2)C(=O)OCc2ccccc2)s1. The number of thiophene rings is 2. The Morgan fingerprint density at radius 3 is 1.36 bits per heavy atom. The Hall–Kier alpha value is -6.66. The van der Waals surface area contributed by atoms with Crippen LogP contribution in [0.3, 0.4) is 0 Å². The van der Waals surface area contributed by atoms with Crippen LogP contribution in [-0.4, -0.2) is 33.3 Å². The number of aromatic nitrogens is 2. The number of rotatable bonds is 10. The highest BCUT2D eigenvalue weighted by Gasteiger charge is 2.63. The second kappa shape index (κ2) is 14.9. The van der Waals surface area contributed by atoms with E-state index in [1.54, 1.807) is 72.8 Å². The quantitative estimate of drug-likeness (QED) is 0.0747.